The SMILES string of the molecule is Brc1cc(-c2nnc(I)s2)sc1Br. The molecule has 2 rings (SSSR count). The highest BCUT2D eigenvalue weighted by atomic mass is 127. The first-order valence-corrected chi connectivity index (χ1v) is 7.41. The minimum atomic E-state index is 0.966. The lowest BCUT2D eigenvalue weighted by atomic mass is 10.5. The molecule has 68 valence electrons. The minimum Gasteiger partial charge on any atom is -0.137 e. The van der Waals surface area contributed by atoms with Gasteiger partial charge in [-0.3, -0.25) is 0 Å². The molecule has 0 unspecified atom stereocenters. The molecular weight excluding hydrogens is 451 g/mol. The normalized spacial score (nSPS) is 10.7. The van der Waals surface area contributed by atoms with E-state index in [9.17, 15) is 0 Å². The van der Waals surface area contributed by atoms with Crippen molar-refractivity contribution < 1.29 is 0 Å². The topological polar surface area (TPSA) is 25.8 Å². The van der Waals surface area contributed by atoms with Crippen LogP contribution in [0.2, 0.25) is 0 Å². The van der Waals surface area contributed by atoms with Gasteiger partial charge in [-0.1, -0.05) is 11.3 Å². The van der Waals surface area contributed by atoms with E-state index in [2.05, 4.69) is 64.6 Å². The Morgan fingerprint density at radius 1 is 1.23 bits per heavy atom. The minimum absolute atomic E-state index is 0.966. The van der Waals surface area contributed by atoms with Gasteiger partial charge in [0, 0.05) is 4.47 Å². The summed E-state index contributed by atoms with van der Waals surface area (Å²) in [4.78, 5) is 1.14. The Labute approximate surface area is 113 Å². The molecule has 2 heterocycles. The summed E-state index contributed by atoms with van der Waals surface area (Å²) in [5.41, 5.74) is 0. The number of halogens is 3. The second kappa shape index (κ2) is 4.21. The Hall–Kier alpha value is 0.950. The standard InChI is InChI=1S/C6HBr2IN2S2/c7-2-1-3(12-4(2)8)5-10-11-6(9)13-5/h1H. The molecule has 0 bridgehead atoms. The van der Waals surface area contributed by atoms with Crippen LogP contribution in [0, 0.1) is 3.01 Å². The van der Waals surface area contributed by atoms with E-state index in [1.165, 1.54) is 0 Å². The molecule has 0 radical (unpaired) electrons. The number of rotatable bonds is 1. The maximum atomic E-state index is 4.07. The third kappa shape index (κ3) is 2.31. The van der Waals surface area contributed by atoms with E-state index in [-0.39, 0.29) is 0 Å². The second-order valence-corrected chi connectivity index (χ2v) is 8.05. The molecule has 0 aliphatic carbocycles. The van der Waals surface area contributed by atoms with Gasteiger partial charge < -0.3 is 0 Å². The van der Waals surface area contributed by atoms with E-state index < -0.39 is 0 Å². The molecule has 0 spiro atoms. The summed E-state index contributed by atoms with van der Waals surface area (Å²) in [7, 11) is 0. The Bertz CT molecular complexity index is 420. The Morgan fingerprint density at radius 2 is 2.00 bits per heavy atom. The van der Waals surface area contributed by atoms with Crippen LogP contribution in [-0.4, -0.2) is 10.2 Å². The fourth-order valence-corrected chi connectivity index (χ4v) is 4.14. The molecule has 0 fully saturated rings. The monoisotopic (exact) mass is 450 g/mol. The smallest absolute Gasteiger partial charge is 0.137 e. The fraction of sp³-hybridized carbons (Fsp3) is 0. The molecule has 0 atom stereocenters. The maximum absolute atomic E-state index is 4.07. The molecule has 2 nitrogen and oxygen atoms in total. The number of hydrogen-bond acceptors (Lipinski definition) is 4. The van der Waals surface area contributed by atoms with Crippen molar-refractivity contribution in [3.8, 4) is 9.88 Å². The third-order valence-corrected chi connectivity index (χ3v) is 6.27. The van der Waals surface area contributed by atoms with Crippen LogP contribution in [-0.2, 0) is 0 Å². The second-order valence-electron chi connectivity index (χ2n) is 2.09. The molecule has 0 saturated heterocycles. The number of nitrogens with zero attached hydrogens (tertiary/aromatic N) is 2. The average molecular weight is 452 g/mol. The van der Waals surface area contributed by atoms with Crippen LogP contribution >= 0.6 is 77.1 Å². The molecule has 0 aliphatic rings. The van der Waals surface area contributed by atoms with Crippen LogP contribution < -0.4 is 0 Å². The van der Waals surface area contributed by atoms with Crippen molar-refractivity contribution in [2.45, 2.75) is 0 Å². The summed E-state index contributed by atoms with van der Waals surface area (Å²) in [6, 6.07) is 2.05. The lowest BCUT2D eigenvalue weighted by molar-refractivity contribution is 1.08. The van der Waals surface area contributed by atoms with Gasteiger partial charge in [-0.15, -0.1) is 21.5 Å². The average Bonchev–Trinajstić information content (AvgIpc) is 2.61. The molecule has 7 heteroatoms. The molecular formula is C6HBr2IN2S2. The highest BCUT2D eigenvalue weighted by molar-refractivity contribution is 14.1. The quantitative estimate of drug-likeness (QED) is 0.601. The van der Waals surface area contributed by atoms with Crippen molar-refractivity contribution in [2.24, 2.45) is 0 Å². The number of aromatic nitrogens is 2. The molecule has 13 heavy (non-hydrogen) atoms. The van der Waals surface area contributed by atoms with Crippen molar-refractivity contribution in [3.63, 3.8) is 0 Å². The zero-order valence-electron chi connectivity index (χ0n) is 5.92. The van der Waals surface area contributed by atoms with Gasteiger partial charge in [0.05, 0.1) is 8.66 Å². The maximum Gasteiger partial charge on any atom is 0.178 e. The van der Waals surface area contributed by atoms with Crippen molar-refractivity contribution in [2.75, 3.05) is 0 Å². The van der Waals surface area contributed by atoms with Crippen LogP contribution in [0.4, 0.5) is 0 Å². The summed E-state index contributed by atoms with van der Waals surface area (Å²) >= 11 is 12.3. The fourth-order valence-electron chi connectivity index (χ4n) is 0.757. The molecule has 0 aliphatic heterocycles. The van der Waals surface area contributed by atoms with Crippen molar-refractivity contribution in [3.05, 3.63) is 17.3 Å². The Morgan fingerprint density at radius 3 is 2.46 bits per heavy atom. The molecule has 0 aromatic carbocycles. The van der Waals surface area contributed by atoms with Gasteiger partial charge in [0.15, 0.2) is 8.02 Å². The largest absolute Gasteiger partial charge is 0.178 e. The third-order valence-electron chi connectivity index (χ3n) is 1.26. The summed E-state index contributed by atoms with van der Waals surface area (Å²) in [6.07, 6.45) is 0. The van der Waals surface area contributed by atoms with Gasteiger partial charge in [-0.05, 0) is 60.5 Å². The van der Waals surface area contributed by atoms with Crippen LogP contribution in [0.1, 0.15) is 0 Å². The summed E-state index contributed by atoms with van der Waals surface area (Å²) in [5.74, 6) is 0. The molecule has 0 amide bonds. The van der Waals surface area contributed by atoms with Crippen LogP contribution in [0.5, 0.6) is 0 Å². The van der Waals surface area contributed by atoms with Gasteiger partial charge >= 0.3 is 0 Å². The lowest BCUT2D eigenvalue weighted by Gasteiger charge is -1.82. The highest BCUT2D eigenvalue weighted by Crippen LogP contribution is 2.39. The first-order valence-electron chi connectivity index (χ1n) is 3.11. The number of thiophene rings is 1. The number of hydrogen-bond donors (Lipinski definition) is 0. The molecule has 0 saturated carbocycles. The van der Waals surface area contributed by atoms with Gasteiger partial charge in [0.2, 0.25) is 0 Å². The molecule has 2 aromatic heterocycles. The zero-order valence-corrected chi connectivity index (χ0v) is 12.9. The molecule has 0 N–H and O–H groups in total. The van der Waals surface area contributed by atoms with E-state index in [4.69, 9.17) is 0 Å². The van der Waals surface area contributed by atoms with E-state index in [0.717, 1.165) is 21.2 Å². The predicted octanol–water partition coefficient (Wildman–Crippen LogP) is 4.40. The highest BCUT2D eigenvalue weighted by Gasteiger charge is 2.10. The van der Waals surface area contributed by atoms with Gasteiger partial charge in [-0.25, -0.2) is 0 Å². The van der Waals surface area contributed by atoms with E-state index >= 15 is 0 Å². The van der Waals surface area contributed by atoms with Gasteiger partial charge in [0.25, 0.3) is 0 Å². The predicted molar refractivity (Wildman–Crippen MR) is 71.3 cm³/mol. The van der Waals surface area contributed by atoms with Crippen molar-refractivity contribution in [1.29, 1.82) is 0 Å². The zero-order chi connectivity index (χ0) is 9.42. The van der Waals surface area contributed by atoms with Gasteiger partial charge in [0.1, 0.15) is 0 Å². The first kappa shape index (κ1) is 10.5. The van der Waals surface area contributed by atoms with Crippen LogP contribution in [0.25, 0.3) is 9.88 Å². The molecule has 2 aromatic rings. The Kier molecular flexibility index (Phi) is 3.39. The van der Waals surface area contributed by atoms with Crippen molar-refractivity contribution in [1.82, 2.24) is 10.2 Å². The van der Waals surface area contributed by atoms with E-state index in [1.807, 2.05) is 6.07 Å². The van der Waals surface area contributed by atoms with E-state index in [0.29, 0.717) is 0 Å². The van der Waals surface area contributed by atoms with Crippen molar-refractivity contribution >= 4 is 77.1 Å². The van der Waals surface area contributed by atoms with Crippen LogP contribution in [0.3, 0.4) is 0 Å². The van der Waals surface area contributed by atoms with E-state index in [1.54, 1.807) is 22.7 Å². The van der Waals surface area contributed by atoms with Gasteiger partial charge in [-0.2, -0.15) is 0 Å². The Balaban J connectivity index is 2.46. The summed E-state index contributed by atoms with van der Waals surface area (Å²) < 4.78 is 3.12. The lowest BCUT2D eigenvalue weighted by Crippen LogP contribution is -1.69. The summed E-state index contributed by atoms with van der Waals surface area (Å²) in [5, 5.41) is 9.01. The summed E-state index contributed by atoms with van der Waals surface area (Å²) in [6.45, 7) is 0. The van der Waals surface area contributed by atoms with Crippen LogP contribution in [0.15, 0.2) is 14.3 Å². The first-order chi connectivity index (χ1) is 6.16.